The molecule has 0 atom stereocenters. The lowest BCUT2D eigenvalue weighted by atomic mass is 9.83. The van der Waals surface area contributed by atoms with Crippen LogP contribution in [0.15, 0.2) is 0 Å². The molecule has 0 aromatic heterocycles. The van der Waals surface area contributed by atoms with E-state index in [1.54, 1.807) is 0 Å². The zero-order valence-electron chi connectivity index (χ0n) is 11.4. The first-order valence-electron chi connectivity index (χ1n) is 6.99. The van der Waals surface area contributed by atoms with Crippen LogP contribution in [-0.4, -0.2) is 12.1 Å². The number of unbranched alkanes of at least 4 members (excludes halogenated alkanes) is 2. The summed E-state index contributed by atoms with van der Waals surface area (Å²) in [7, 11) is 0. The quantitative estimate of drug-likeness (QED) is 0.563. The fourth-order valence-electron chi connectivity index (χ4n) is 2.52. The summed E-state index contributed by atoms with van der Waals surface area (Å²) < 4.78 is 0. The van der Waals surface area contributed by atoms with Crippen molar-refractivity contribution in [3.63, 3.8) is 0 Å². The Morgan fingerprint density at radius 1 is 0.733 bits per heavy atom. The van der Waals surface area contributed by atoms with Gasteiger partial charge in [0.15, 0.2) is 0 Å². The molecule has 0 saturated carbocycles. The van der Waals surface area contributed by atoms with Crippen LogP contribution >= 0.6 is 0 Å². The van der Waals surface area contributed by atoms with Gasteiger partial charge in [0.25, 0.3) is 0 Å². The largest absolute Gasteiger partial charge is 0.312 e. The Labute approximate surface area is 97.0 Å². The van der Waals surface area contributed by atoms with E-state index in [-0.39, 0.29) is 0 Å². The molecule has 1 nitrogen and oxygen atoms in total. The summed E-state index contributed by atoms with van der Waals surface area (Å²) in [5.41, 5.74) is 0.454. The highest BCUT2D eigenvalue weighted by atomic mass is 15.0. The Morgan fingerprint density at radius 2 is 1.27 bits per heavy atom. The smallest absolute Gasteiger partial charge is 0.0181 e. The van der Waals surface area contributed by atoms with E-state index in [9.17, 15) is 0 Å². The Balaban J connectivity index is 4.26. The van der Waals surface area contributed by atoms with Crippen LogP contribution in [-0.2, 0) is 0 Å². The molecule has 1 heteroatoms. The fraction of sp³-hybridized carbons (Fsp3) is 1.00. The molecule has 0 fully saturated rings. The van der Waals surface area contributed by atoms with Gasteiger partial charge in [-0.25, -0.2) is 0 Å². The van der Waals surface area contributed by atoms with Crippen molar-refractivity contribution in [1.82, 2.24) is 5.32 Å². The lowest BCUT2D eigenvalue weighted by Gasteiger charge is -2.35. The SMILES string of the molecule is CCCCC(CCC)(CCCC)NCC. The maximum atomic E-state index is 3.77. The van der Waals surface area contributed by atoms with E-state index < -0.39 is 0 Å². The molecular formula is C14H31N. The second-order valence-corrected chi connectivity index (χ2v) is 4.77. The van der Waals surface area contributed by atoms with Gasteiger partial charge in [-0.1, -0.05) is 59.8 Å². The van der Waals surface area contributed by atoms with E-state index in [1.165, 1.54) is 51.4 Å². The average Bonchev–Trinajstić information content (AvgIpc) is 2.24. The van der Waals surface area contributed by atoms with Crippen LogP contribution in [0, 0.1) is 0 Å². The predicted octanol–water partition coefficient (Wildman–Crippen LogP) is 4.52. The Hall–Kier alpha value is -0.0400. The molecule has 0 aliphatic rings. The van der Waals surface area contributed by atoms with Gasteiger partial charge in [0.1, 0.15) is 0 Å². The molecule has 0 radical (unpaired) electrons. The number of hydrogen-bond acceptors (Lipinski definition) is 1. The molecule has 0 heterocycles. The molecule has 15 heavy (non-hydrogen) atoms. The van der Waals surface area contributed by atoms with Crippen LogP contribution in [0.1, 0.15) is 79.1 Å². The number of nitrogens with one attached hydrogen (secondary N) is 1. The van der Waals surface area contributed by atoms with E-state index >= 15 is 0 Å². The minimum absolute atomic E-state index is 0.454. The van der Waals surface area contributed by atoms with Gasteiger partial charge in [0.05, 0.1) is 0 Å². The highest BCUT2D eigenvalue weighted by molar-refractivity contribution is 4.86. The monoisotopic (exact) mass is 213 g/mol. The molecule has 1 N–H and O–H groups in total. The topological polar surface area (TPSA) is 12.0 Å². The standard InChI is InChI=1S/C14H31N/c1-5-9-12-14(11-7-3,15-8-4)13-10-6-2/h15H,5-13H2,1-4H3. The summed E-state index contributed by atoms with van der Waals surface area (Å²) in [6, 6.07) is 0. The van der Waals surface area contributed by atoms with Gasteiger partial charge in [0, 0.05) is 5.54 Å². The molecule has 0 saturated heterocycles. The van der Waals surface area contributed by atoms with Crippen molar-refractivity contribution in [2.24, 2.45) is 0 Å². The van der Waals surface area contributed by atoms with Crippen molar-refractivity contribution in [2.45, 2.75) is 84.6 Å². The molecule has 92 valence electrons. The molecule has 0 unspecified atom stereocenters. The van der Waals surface area contributed by atoms with Crippen LogP contribution < -0.4 is 5.32 Å². The van der Waals surface area contributed by atoms with E-state index in [0.717, 1.165) is 6.54 Å². The van der Waals surface area contributed by atoms with Crippen LogP contribution in [0.25, 0.3) is 0 Å². The first kappa shape index (κ1) is 15.0. The summed E-state index contributed by atoms with van der Waals surface area (Å²) >= 11 is 0. The van der Waals surface area contributed by atoms with Crippen molar-refractivity contribution >= 4 is 0 Å². The van der Waals surface area contributed by atoms with Crippen LogP contribution in [0.4, 0.5) is 0 Å². The van der Waals surface area contributed by atoms with Crippen molar-refractivity contribution in [3.05, 3.63) is 0 Å². The minimum atomic E-state index is 0.454. The van der Waals surface area contributed by atoms with Gasteiger partial charge in [-0.05, 0) is 25.8 Å². The number of rotatable bonds is 10. The van der Waals surface area contributed by atoms with Crippen LogP contribution in [0.5, 0.6) is 0 Å². The van der Waals surface area contributed by atoms with Gasteiger partial charge < -0.3 is 5.32 Å². The zero-order valence-corrected chi connectivity index (χ0v) is 11.4. The first-order valence-corrected chi connectivity index (χ1v) is 6.99. The maximum absolute atomic E-state index is 3.77. The van der Waals surface area contributed by atoms with Crippen molar-refractivity contribution < 1.29 is 0 Å². The second-order valence-electron chi connectivity index (χ2n) is 4.77. The van der Waals surface area contributed by atoms with E-state index in [1.807, 2.05) is 0 Å². The summed E-state index contributed by atoms with van der Waals surface area (Å²) in [6.45, 7) is 10.3. The summed E-state index contributed by atoms with van der Waals surface area (Å²) in [5.74, 6) is 0. The highest BCUT2D eigenvalue weighted by Gasteiger charge is 2.26. The highest BCUT2D eigenvalue weighted by Crippen LogP contribution is 2.26. The Kier molecular flexibility index (Phi) is 9.18. The summed E-state index contributed by atoms with van der Waals surface area (Å²) in [5, 5.41) is 3.77. The lowest BCUT2D eigenvalue weighted by molar-refractivity contribution is 0.250. The molecule has 0 aromatic rings. The van der Waals surface area contributed by atoms with Gasteiger partial charge >= 0.3 is 0 Å². The van der Waals surface area contributed by atoms with Gasteiger partial charge in [-0.15, -0.1) is 0 Å². The zero-order chi connectivity index (χ0) is 11.6. The molecule has 0 aliphatic carbocycles. The van der Waals surface area contributed by atoms with Crippen LogP contribution in [0.2, 0.25) is 0 Å². The third-order valence-corrected chi connectivity index (χ3v) is 3.30. The molecular weight excluding hydrogens is 182 g/mol. The molecule has 0 rings (SSSR count). The van der Waals surface area contributed by atoms with Gasteiger partial charge in [-0.2, -0.15) is 0 Å². The Morgan fingerprint density at radius 3 is 1.60 bits per heavy atom. The van der Waals surface area contributed by atoms with E-state index in [4.69, 9.17) is 0 Å². The predicted molar refractivity (Wildman–Crippen MR) is 70.4 cm³/mol. The molecule has 0 spiro atoms. The number of hydrogen-bond donors (Lipinski definition) is 1. The molecule has 0 aliphatic heterocycles. The van der Waals surface area contributed by atoms with Crippen molar-refractivity contribution in [3.8, 4) is 0 Å². The third-order valence-electron chi connectivity index (χ3n) is 3.30. The minimum Gasteiger partial charge on any atom is -0.312 e. The van der Waals surface area contributed by atoms with E-state index in [0.29, 0.717) is 5.54 Å². The third kappa shape index (κ3) is 6.19. The fourth-order valence-corrected chi connectivity index (χ4v) is 2.52. The van der Waals surface area contributed by atoms with Crippen LogP contribution in [0.3, 0.4) is 0 Å². The maximum Gasteiger partial charge on any atom is 0.0181 e. The average molecular weight is 213 g/mol. The first-order chi connectivity index (χ1) is 7.24. The molecule has 0 bridgehead atoms. The second kappa shape index (κ2) is 9.21. The lowest BCUT2D eigenvalue weighted by Crippen LogP contribution is -2.45. The van der Waals surface area contributed by atoms with E-state index in [2.05, 4.69) is 33.0 Å². The molecule has 0 aromatic carbocycles. The normalized spacial score (nSPS) is 12.0. The summed E-state index contributed by atoms with van der Waals surface area (Å²) in [6.07, 6.45) is 10.8. The van der Waals surface area contributed by atoms with Gasteiger partial charge in [-0.3, -0.25) is 0 Å². The Bertz CT molecular complexity index is 115. The summed E-state index contributed by atoms with van der Waals surface area (Å²) in [4.78, 5) is 0. The van der Waals surface area contributed by atoms with Gasteiger partial charge in [0.2, 0.25) is 0 Å². The van der Waals surface area contributed by atoms with Crippen molar-refractivity contribution in [2.75, 3.05) is 6.54 Å². The molecule has 0 amide bonds. The van der Waals surface area contributed by atoms with Crippen molar-refractivity contribution in [1.29, 1.82) is 0 Å².